The Labute approximate surface area is 102 Å². The maximum atomic E-state index is 11.1. The fourth-order valence-corrected chi connectivity index (χ4v) is 5.69. The zero-order chi connectivity index (χ0) is 12.6. The van der Waals surface area contributed by atoms with Crippen LogP contribution in [0.25, 0.3) is 0 Å². The number of hydrogen-bond donors (Lipinski definition) is 3. The summed E-state index contributed by atoms with van der Waals surface area (Å²) in [7, 11) is 0. The molecule has 3 N–H and O–H groups in total. The van der Waals surface area contributed by atoms with E-state index in [0.717, 1.165) is 0 Å². The molecule has 2 bridgehead atoms. The molecule has 17 heavy (non-hydrogen) atoms. The molecule has 0 saturated heterocycles. The van der Waals surface area contributed by atoms with Crippen LogP contribution in [0, 0.1) is 22.7 Å². The molecule has 3 rings (SSSR count). The lowest BCUT2D eigenvalue weighted by Crippen LogP contribution is -2.66. The summed E-state index contributed by atoms with van der Waals surface area (Å²) in [6, 6.07) is 0. The van der Waals surface area contributed by atoms with Gasteiger partial charge in [0.1, 0.15) is 4.93 Å². The molecule has 0 heterocycles. The van der Waals surface area contributed by atoms with Crippen LogP contribution in [0.4, 0.5) is 0 Å². The van der Waals surface area contributed by atoms with Crippen molar-refractivity contribution >= 4 is 11.1 Å². The Morgan fingerprint density at radius 2 is 2.12 bits per heavy atom. The van der Waals surface area contributed by atoms with Gasteiger partial charge in [-0.15, -0.1) is 0 Å². The largest absolute Gasteiger partial charge is 0.770 e. The van der Waals surface area contributed by atoms with Gasteiger partial charge in [0.05, 0.1) is 6.10 Å². The van der Waals surface area contributed by atoms with Crippen molar-refractivity contribution in [1.82, 2.24) is 0 Å². The SMILES string of the molecule is CC1C(O)C23CC1(CO)CC2C(O)(S(=O)[O-])C3. The van der Waals surface area contributed by atoms with Crippen molar-refractivity contribution in [2.45, 2.75) is 37.2 Å². The molecule has 3 fully saturated rings. The molecular formula is C11H17O5S-. The van der Waals surface area contributed by atoms with E-state index in [1.807, 2.05) is 6.92 Å². The molecule has 0 aromatic rings. The number of aliphatic hydroxyl groups excluding tert-OH is 2. The third kappa shape index (κ3) is 1.07. The number of hydrogen-bond acceptors (Lipinski definition) is 5. The average Bonchev–Trinajstić information content (AvgIpc) is 2.68. The summed E-state index contributed by atoms with van der Waals surface area (Å²) in [5, 5.41) is 29.9. The van der Waals surface area contributed by atoms with E-state index in [1.165, 1.54) is 0 Å². The molecule has 1 spiro atoms. The first-order chi connectivity index (χ1) is 7.82. The fourth-order valence-electron chi connectivity index (χ4n) is 4.75. The first-order valence-corrected chi connectivity index (χ1v) is 7.01. The average molecular weight is 261 g/mol. The lowest BCUT2D eigenvalue weighted by atomic mass is 9.54. The van der Waals surface area contributed by atoms with Crippen molar-refractivity contribution in [3.63, 3.8) is 0 Å². The topological polar surface area (TPSA) is 101 Å². The summed E-state index contributed by atoms with van der Waals surface area (Å²) in [6.45, 7) is 1.85. The molecule has 6 heteroatoms. The van der Waals surface area contributed by atoms with Crippen molar-refractivity contribution in [3.8, 4) is 0 Å². The second-order valence-electron chi connectivity index (χ2n) is 6.18. The van der Waals surface area contributed by atoms with E-state index in [9.17, 15) is 24.1 Å². The van der Waals surface area contributed by atoms with Crippen molar-refractivity contribution in [1.29, 1.82) is 0 Å². The molecule has 0 amide bonds. The van der Waals surface area contributed by atoms with Gasteiger partial charge in [0.15, 0.2) is 0 Å². The maximum absolute atomic E-state index is 11.1. The first kappa shape index (κ1) is 12.0. The minimum absolute atomic E-state index is 0.0339. The van der Waals surface area contributed by atoms with Crippen molar-refractivity contribution < 1.29 is 24.1 Å². The lowest BCUT2D eigenvalue weighted by Gasteiger charge is -2.61. The normalized spacial score (nSPS) is 62.1. The summed E-state index contributed by atoms with van der Waals surface area (Å²) in [5.74, 6) is -0.458. The number of fused-ring (bicyclic) bond motifs is 1. The van der Waals surface area contributed by atoms with Crippen LogP contribution < -0.4 is 0 Å². The molecule has 0 aromatic heterocycles. The third-order valence-corrected chi connectivity index (χ3v) is 6.75. The highest BCUT2D eigenvalue weighted by Gasteiger charge is 2.79. The van der Waals surface area contributed by atoms with E-state index in [2.05, 4.69) is 0 Å². The fraction of sp³-hybridized carbons (Fsp3) is 1.00. The van der Waals surface area contributed by atoms with E-state index < -0.39 is 38.9 Å². The molecule has 7 unspecified atom stereocenters. The lowest BCUT2D eigenvalue weighted by molar-refractivity contribution is -0.190. The number of rotatable bonds is 2. The Balaban J connectivity index is 1.99. The molecule has 7 atom stereocenters. The van der Waals surface area contributed by atoms with Crippen LogP contribution in [0.5, 0.6) is 0 Å². The second kappa shape index (κ2) is 3.11. The van der Waals surface area contributed by atoms with Gasteiger partial charge in [0, 0.05) is 17.9 Å². The molecule has 3 saturated carbocycles. The Morgan fingerprint density at radius 3 is 2.65 bits per heavy atom. The summed E-state index contributed by atoms with van der Waals surface area (Å²) in [6.07, 6.45) is 0.612. The van der Waals surface area contributed by atoms with Crippen molar-refractivity contribution in [3.05, 3.63) is 0 Å². The molecule has 5 nitrogen and oxygen atoms in total. The van der Waals surface area contributed by atoms with Crippen LogP contribution >= 0.6 is 0 Å². The predicted molar refractivity (Wildman–Crippen MR) is 58.3 cm³/mol. The number of aliphatic hydroxyl groups is 3. The van der Waals surface area contributed by atoms with E-state index in [4.69, 9.17) is 0 Å². The molecule has 0 aromatic carbocycles. The predicted octanol–water partition coefficient (Wildman–Crippen LogP) is -0.657. The quantitative estimate of drug-likeness (QED) is 0.573. The van der Waals surface area contributed by atoms with Crippen LogP contribution in [0.2, 0.25) is 0 Å². The molecule has 98 valence electrons. The first-order valence-electron chi connectivity index (χ1n) is 5.93. The van der Waals surface area contributed by atoms with Gasteiger partial charge in [0.2, 0.25) is 0 Å². The van der Waals surface area contributed by atoms with Gasteiger partial charge in [-0.05, 0) is 41.7 Å². The molecule has 0 aliphatic heterocycles. The van der Waals surface area contributed by atoms with E-state index in [0.29, 0.717) is 12.8 Å². The van der Waals surface area contributed by atoms with Crippen LogP contribution in [-0.2, 0) is 11.1 Å². The van der Waals surface area contributed by atoms with Crippen LogP contribution in [0.1, 0.15) is 26.2 Å². The molecule has 0 radical (unpaired) electrons. The maximum Gasteiger partial charge on any atom is 0.130 e. The minimum Gasteiger partial charge on any atom is -0.770 e. The Kier molecular flexibility index (Phi) is 2.20. The summed E-state index contributed by atoms with van der Waals surface area (Å²) in [5.41, 5.74) is -0.898. The smallest absolute Gasteiger partial charge is 0.130 e. The standard InChI is InChI=1S/C11H18O5S/c1-6-8(13)10-3-9(6,5-12)2-7(10)11(14,4-10)17(15)16/h6-8,12-14H,2-5H2,1H3,(H,15,16)/p-1. The summed E-state index contributed by atoms with van der Waals surface area (Å²) >= 11 is -2.54. The van der Waals surface area contributed by atoms with Crippen molar-refractivity contribution in [2.24, 2.45) is 22.7 Å². The monoisotopic (exact) mass is 261 g/mol. The highest BCUT2D eigenvalue weighted by Crippen LogP contribution is 2.77. The summed E-state index contributed by atoms with van der Waals surface area (Å²) < 4.78 is 22.2. The third-order valence-electron chi connectivity index (χ3n) is 5.74. The minimum atomic E-state index is -2.54. The van der Waals surface area contributed by atoms with Gasteiger partial charge in [-0.2, -0.15) is 0 Å². The Hall–Kier alpha value is -0.0100. The van der Waals surface area contributed by atoms with Crippen LogP contribution in [0.15, 0.2) is 0 Å². The Morgan fingerprint density at radius 1 is 1.47 bits per heavy atom. The molecule has 3 aliphatic rings. The highest BCUT2D eigenvalue weighted by atomic mass is 32.2. The van der Waals surface area contributed by atoms with Gasteiger partial charge in [-0.25, -0.2) is 0 Å². The van der Waals surface area contributed by atoms with Crippen molar-refractivity contribution in [2.75, 3.05) is 6.61 Å². The molecular weight excluding hydrogens is 244 g/mol. The zero-order valence-electron chi connectivity index (χ0n) is 9.63. The van der Waals surface area contributed by atoms with Crippen LogP contribution in [-0.4, -0.2) is 41.7 Å². The van der Waals surface area contributed by atoms with Crippen LogP contribution in [0.3, 0.4) is 0 Å². The van der Waals surface area contributed by atoms with Gasteiger partial charge in [0.25, 0.3) is 0 Å². The van der Waals surface area contributed by atoms with E-state index in [-0.39, 0.29) is 18.9 Å². The van der Waals surface area contributed by atoms with E-state index >= 15 is 0 Å². The Bertz CT molecular complexity index is 401. The van der Waals surface area contributed by atoms with Gasteiger partial charge in [-0.3, -0.25) is 4.21 Å². The van der Waals surface area contributed by atoms with E-state index in [1.54, 1.807) is 0 Å². The summed E-state index contributed by atoms with van der Waals surface area (Å²) in [4.78, 5) is -1.70. The second-order valence-corrected chi connectivity index (χ2v) is 7.35. The van der Waals surface area contributed by atoms with Gasteiger partial charge >= 0.3 is 0 Å². The molecule has 3 aliphatic carbocycles. The van der Waals surface area contributed by atoms with Gasteiger partial charge in [-0.1, -0.05) is 6.92 Å². The van der Waals surface area contributed by atoms with Gasteiger partial charge < -0.3 is 19.9 Å². The highest BCUT2D eigenvalue weighted by molar-refractivity contribution is 7.80. The zero-order valence-corrected chi connectivity index (χ0v) is 10.4.